The zero-order valence-electron chi connectivity index (χ0n) is 10.8. The quantitative estimate of drug-likeness (QED) is 0.762. The van der Waals surface area contributed by atoms with Gasteiger partial charge in [-0.2, -0.15) is 0 Å². The summed E-state index contributed by atoms with van der Waals surface area (Å²) in [6, 6.07) is 10.3. The molecular weight excluding hydrogens is 238 g/mol. The predicted octanol–water partition coefficient (Wildman–Crippen LogP) is 2.64. The van der Waals surface area contributed by atoms with Crippen LogP contribution in [0.1, 0.15) is 37.2 Å². The maximum absolute atomic E-state index is 11.9. The second-order valence-electron chi connectivity index (χ2n) is 5.25. The zero-order valence-corrected chi connectivity index (χ0v) is 10.8. The summed E-state index contributed by atoms with van der Waals surface area (Å²) in [5.41, 5.74) is 1.24. The minimum Gasteiger partial charge on any atom is -0.272 e. The smallest absolute Gasteiger partial charge is 0.253 e. The highest BCUT2D eigenvalue weighted by Gasteiger charge is 2.37. The van der Waals surface area contributed by atoms with E-state index in [1.54, 1.807) is 0 Å². The summed E-state index contributed by atoms with van der Waals surface area (Å²) in [4.78, 5) is 25.2. The normalized spacial score (nSPS) is 27.1. The molecule has 2 aliphatic rings. The molecule has 0 bridgehead atoms. The van der Waals surface area contributed by atoms with E-state index in [0.717, 1.165) is 19.3 Å². The van der Waals surface area contributed by atoms with Crippen LogP contribution in [0.4, 0.5) is 0 Å². The summed E-state index contributed by atoms with van der Waals surface area (Å²) in [7, 11) is 0. The Balaban J connectivity index is 1.90. The van der Waals surface area contributed by atoms with Gasteiger partial charge >= 0.3 is 0 Å². The van der Waals surface area contributed by atoms with Crippen molar-refractivity contribution >= 4 is 11.8 Å². The summed E-state index contributed by atoms with van der Waals surface area (Å²) < 4.78 is 0. The maximum Gasteiger partial charge on any atom is 0.253 e. The number of carbonyl (C=O) groups excluding carboxylic acids is 2. The van der Waals surface area contributed by atoms with E-state index in [1.165, 1.54) is 29.0 Å². The second kappa shape index (κ2) is 5.00. The third kappa shape index (κ3) is 2.21. The monoisotopic (exact) mass is 255 g/mol. The van der Waals surface area contributed by atoms with E-state index in [0.29, 0.717) is 0 Å². The van der Waals surface area contributed by atoms with Gasteiger partial charge in [-0.1, -0.05) is 43.2 Å². The lowest BCUT2D eigenvalue weighted by atomic mass is 9.79. The molecule has 1 aromatic carbocycles. The number of hydrogen-bond donors (Lipinski definition) is 0. The Morgan fingerprint density at radius 3 is 2.21 bits per heavy atom. The van der Waals surface area contributed by atoms with Crippen LogP contribution in [0.5, 0.6) is 0 Å². The van der Waals surface area contributed by atoms with Crippen molar-refractivity contribution in [2.24, 2.45) is 0 Å². The summed E-state index contributed by atoms with van der Waals surface area (Å²) >= 11 is 0. The highest BCUT2D eigenvalue weighted by Crippen LogP contribution is 2.37. The Labute approximate surface area is 112 Å². The average Bonchev–Trinajstić information content (AvgIpc) is 2.79. The Morgan fingerprint density at radius 2 is 1.53 bits per heavy atom. The molecule has 0 saturated heterocycles. The van der Waals surface area contributed by atoms with Gasteiger partial charge in [-0.25, -0.2) is 0 Å². The molecule has 2 unspecified atom stereocenters. The molecule has 2 atom stereocenters. The molecule has 2 amide bonds. The minimum atomic E-state index is -0.155. The van der Waals surface area contributed by atoms with E-state index in [1.807, 2.05) is 18.2 Å². The molecule has 0 radical (unpaired) electrons. The third-order valence-corrected chi connectivity index (χ3v) is 4.13. The highest BCUT2D eigenvalue weighted by molar-refractivity contribution is 6.13. The fourth-order valence-electron chi connectivity index (χ4n) is 3.25. The Morgan fingerprint density at radius 1 is 0.895 bits per heavy atom. The SMILES string of the molecule is O=C1C=CC(=O)N1C1CCCCC1c1ccccc1. The minimum absolute atomic E-state index is 0.0196. The van der Waals surface area contributed by atoms with Gasteiger partial charge in [0.1, 0.15) is 0 Å². The van der Waals surface area contributed by atoms with Crippen molar-refractivity contribution in [1.82, 2.24) is 4.90 Å². The van der Waals surface area contributed by atoms with Crippen molar-refractivity contribution in [3.05, 3.63) is 48.0 Å². The van der Waals surface area contributed by atoms with Gasteiger partial charge in [-0.05, 0) is 18.4 Å². The summed E-state index contributed by atoms with van der Waals surface area (Å²) in [6.45, 7) is 0. The molecule has 0 N–H and O–H groups in total. The summed E-state index contributed by atoms with van der Waals surface area (Å²) in [5.74, 6) is -0.0292. The third-order valence-electron chi connectivity index (χ3n) is 4.13. The van der Waals surface area contributed by atoms with Crippen molar-refractivity contribution in [3.63, 3.8) is 0 Å². The Hall–Kier alpha value is -1.90. The highest BCUT2D eigenvalue weighted by atomic mass is 16.2. The molecule has 1 aliphatic carbocycles. The number of rotatable bonds is 2. The fourth-order valence-corrected chi connectivity index (χ4v) is 3.25. The lowest BCUT2D eigenvalue weighted by Crippen LogP contribution is -2.45. The van der Waals surface area contributed by atoms with Crippen molar-refractivity contribution in [1.29, 1.82) is 0 Å². The number of hydrogen-bond acceptors (Lipinski definition) is 2. The van der Waals surface area contributed by atoms with Crippen LogP contribution >= 0.6 is 0 Å². The fraction of sp³-hybridized carbons (Fsp3) is 0.375. The van der Waals surface area contributed by atoms with Gasteiger partial charge in [-0.3, -0.25) is 14.5 Å². The molecule has 1 heterocycles. The Bertz CT molecular complexity index is 503. The van der Waals surface area contributed by atoms with Gasteiger partial charge in [0.25, 0.3) is 11.8 Å². The van der Waals surface area contributed by atoms with Gasteiger partial charge in [0.05, 0.1) is 0 Å². The number of nitrogens with zero attached hydrogens (tertiary/aromatic N) is 1. The van der Waals surface area contributed by atoms with Crippen LogP contribution in [0.3, 0.4) is 0 Å². The zero-order chi connectivity index (χ0) is 13.2. The molecule has 3 heteroatoms. The molecule has 98 valence electrons. The van der Waals surface area contributed by atoms with Gasteiger partial charge in [0, 0.05) is 24.1 Å². The second-order valence-corrected chi connectivity index (χ2v) is 5.25. The van der Waals surface area contributed by atoms with Crippen molar-refractivity contribution in [2.45, 2.75) is 37.6 Å². The van der Waals surface area contributed by atoms with Crippen molar-refractivity contribution in [2.75, 3.05) is 0 Å². The number of amides is 2. The largest absolute Gasteiger partial charge is 0.272 e. The molecule has 1 fully saturated rings. The van der Waals surface area contributed by atoms with Crippen LogP contribution in [0.25, 0.3) is 0 Å². The van der Waals surface area contributed by atoms with Crippen LogP contribution < -0.4 is 0 Å². The summed E-state index contributed by atoms with van der Waals surface area (Å²) in [5, 5.41) is 0. The summed E-state index contributed by atoms with van der Waals surface area (Å²) in [6.07, 6.45) is 6.99. The van der Waals surface area contributed by atoms with Crippen LogP contribution in [-0.2, 0) is 9.59 Å². The maximum atomic E-state index is 11.9. The number of imide groups is 1. The molecule has 3 rings (SSSR count). The molecule has 0 spiro atoms. The van der Waals surface area contributed by atoms with E-state index in [9.17, 15) is 9.59 Å². The van der Waals surface area contributed by atoms with Crippen LogP contribution in [0, 0.1) is 0 Å². The first-order valence-corrected chi connectivity index (χ1v) is 6.87. The van der Waals surface area contributed by atoms with E-state index < -0.39 is 0 Å². The molecule has 1 aliphatic heterocycles. The molecule has 1 aromatic rings. The lowest BCUT2D eigenvalue weighted by Gasteiger charge is -2.37. The standard InChI is InChI=1S/C16H17NO2/c18-15-10-11-16(19)17(15)14-9-5-4-8-13(14)12-6-2-1-3-7-12/h1-3,6-7,10-11,13-14H,4-5,8-9H2. The van der Waals surface area contributed by atoms with Gasteiger partial charge in [0.2, 0.25) is 0 Å². The van der Waals surface area contributed by atoms with Crippen molar-refractivity contribution < 1.29 is 9.59 Å². The van der Waals surface area contributed by atoms with Crippen LogP contribution in [0.2, 0.25) is 0 Å². The van der Waals surface area contributed by atoms with Crippen LogP contribution in [0.15, 0.2) is 42.5 Å². The first-order valence-electron chi connectivity index (χ1n) is 6.87. The number of carbonyl (C=O) groups is 2. The average molecular weight is 255 g/mol. The van der Waals surface area contributed by atoms with E-state index in [2.05, 4.69) is 12.1 Å². The molecule has 19 heavy (non-hydrogen) atoms. The van der Waals surface area contributed by atoms with E-state index in [-0.39, 0.29) is 23.8 Å². The van der Waals surface area contributed by atoms with Crippen molar-refractivity contribution in [3.8, 4) is 0 Å². The topological polar surface area (TPSA) is 37.4 Å². The first-order chi connectivity index (χ1) is 9.27. The predicted molar refractivity (Wildman–Crippen MR) is 72.4 cm³/mol. The molecule has 0 aromatic heterocycles. The van der Waals surface area contributed by atoms with Gasteiger partial charge < -0.3 is 0 Å². The van der Waals surface area contributed by atoms with E-state index >= 15 is 0 Å². The molecular formula is C16H17NO2. The molecule has 3 nitrogen and oxygen atoms in total. The Kier molecular flexibility index (Phi) is 3.20. The van der Waals surface area contributed by atoms with Gasteiger partial charge in [-0.15, -0.1) is 0 Å². The van der Waals surface area contributed by atoms with E-state index in [4.69, 9.17) is 0 Å². The van der Waals surface area contributed by atoms with Gasteiger partial charge in [0.15, 0.2) is 0 Å². The lowest BCUT2D eigenvalue weighted by molar-refractivity contribution is -0.140. The number of benzene rings is 1. The molecule has 1 saturated carbocycles. The van der Waals surface area contributed by atoms with Crippen LogP contribution in [-0.4, -0.2) is 22.8 Å². The first kappa shape index (κ1) is 12.2.